The summed E-state index contributed by atoms with van der Waals surface area (Å²) >= 11 is 0. The molecule has 1 fully saturated rings. The Bertz CT molecular complexity index is 389. The first-order valence-electron chi connectivity index (χ1n) is 6.65. The molecule has 2 heterocycles. The Labute approximate surface area is 108 Å². The van der Waals surface area contributed by atoms with Gasteiger partial charge in [-0.15, -0.1) is 0 Å². The maximum atomic E-state index is 11.2. The van der Waals surface area contributed by atoms with Gasteiger partial charge in [0.05, 0.1) is 18.1 Å². The van der Waals surface area contributed by atoms with Crippen molar-refractivity contribution in [2.75, 3.05) is 13.1 Å². The van der Waals surface area contributed by atoms with Gasteiger partial charge in [-0.25, -0.2) is 4.98 Å². The highest BCUT2D eigenvalue weighted by Gasteiger charge is 2.20. The number of imidazole rings is 1. The molecule has 100 valence electrons. The van der Waals surface area contributed by atoms with Gasteiger partial charge in [-0.2, -0.15) is 0 Å². The molecule has 1 unspecified atom stereocenters. The van der Waals surface area contributed by atoms with Crippen molar-refractivity contribution in [2.45, 2.75) is 39.3 Å². The van der Waals surface area contributed by atoms with E-state index < -0.39 is 0 Å². The average molecular weight is 250 g/mol. The van der Waals surface area contributed by atoms with Crippen molar-refractivity contribution in [3.05, 3.63) is 18.2 Å². The maximum absolute atomic E-state index is 11.2. The summed E-state index contributed by atoms with van der Waals surface area (Å²) in [4.78, 5) is 15.4. The number of nitrogens with zero attached hydrogens (tertiary/aromatic N) is 2. The van der Waals surface area contributed by atoms with Crippen molar-refractivity contribution in [2.24, 2.45) is 5.92 Å². The average Bonchev–Trinajstić information content (AvgIpc) is 2.78. The molecule has 2 rings (SSSR count). The molecule has 18 heavy (non-hydrogen) atoms. The fourth-order valence-corrected chi connectivity index (χ4v) is 2.24. The van der Waals surface area contributed by atoms with Gasteiger partial charge >= 0.3 is 0 Å². The second-order valence-corrected chi connectivity index (χ2v) is 5.31. The Morgan fingerprint density at radius 2 is 2.44 bits per heavy atom. The van der Waals surface area contributed by atoms with E-state index in [0.29, 0.717) is 24.9 Å². The molecule has 1 aromatic heterocycles. The Kier molecular flexibility index (Phi) is 4.36. The number of carbonyl (C=O) groups is 1. The summed E-state index contributed by atoms with van der Waals surface area (Å²) in [6.07, 6.45) is 5.29. The van der Waals surface area contributed by atoms with Gasteiger partial charge in [0.1, 0.15) is 0 Å². The molecule has 5 heteroatoms. The molecular weight excluding hydrogens is 228 g/mol. The van der Waals surface area contributed by atoms with Crippen molar-refractivity contribution in [3.63, 3.8) is 0 Å². The Morgan fingerprint density at radius 3 is 3.11 bits per heavy atom. The largest absolute Gasteiger partial charge is 0.354 e. The normalized spacial score (nSPS) is 20.2. The molecular formula is C13H22N4O. The Hall–Kier alpha value is -1.36. The molecule has 0 radical (unpaired) electrons. The van der Waals surface area contributed by atoms with E-state index in [1.54, 1.807) is 0 Å². The predicted octanol–water partition coefficient (Wildman–Crippen LogP) is 1.08. The zero-order chi connectivity index (χ0) is 13.0. The van der Waals surface area contributed by atoms with Crippen molar-refractivity contribution in [1.82, 2.24) is 20.2 Å². The van der Waals surface area contributed by atoms with Crippen LogP contribution in [0, 0.1) is 5.92 Å². The van der Waals surface area contributed by atoms with Crippen LogP contribution >= 0.6 is 0 Å². The minimum atomic E-state index is 0.158. The predicted molar refractivity (Wildman–Crippen MR) is 70.1 cm³/mol. The maximum Gasteiger partial charge on any atom is 0.220 e. The van der Waals surface area contributed by atoms with Crippen LogP contribution in [0.4, 0.5) is 0 Å². The van der Waals surface area contributed by atoms with Gasteiger partial charge in [-0.05, 0) is 18.9 Å². The molecule has 1 aliphatic heterocycles. The zero-order valence-electron chi connectivity index (χ0n) is 11.1. The highest BCUT2D eigenvalue weighted by molar-refractivity contribution is 5.76. The highest BCUT2D eigenvalue weighted by atomic mass is 16.1. The topological polar surface area (TPSA) is 59.0 Å². The monoisotopic (exact) mass is 250 g/mol. The molecule has 0 saturated carbocycles. The standard InChI is InChI=1S/C13H22N4O/c1-10(2)5-14-6-12-7-15-9-17(12)11-3-4-13(18)16-8-11/h7,9-11,14H,3-6,8H2,1-2H3,(H,16,18). The van der Waals surface area contributed by atoms with Gasteiger partial charge in [-0.3, -0.25) is 4.79 Å². The van der Waals surface area contributed by atoms with E-state index >= 15 is 0 Å². The molecule has 1 aliphatic rings. The van der Waals surface area contributed by atoms with E-state index in [0.717, 1.165) is 19.5 Å². The van der Waals surface area contributed by atoms with Crippen LogP contribution in [0.15, 0.2) is 12.5 Å². The number of amides is 1. The summed E-state index contributed by atoms with van der Waals surface area (Å²) in [6, 6.07) is 0.348. The van der Waals surface area contributed by atoms with E-state index in [9.17, 15) is 4.79 Å². The molecule has 0 aliphatic carbocycles. The van der Waals surface area contributed by atoms with E-state index in [4.69, 9.17) is 0 Å². The summed E-state index contributed by atoms with van der Waals surface area (Å²) in [5.41, 5.74) is 1.19. The summed E-state index contributed by atoms with van der Waals surface area (Å²) in [7, 11) is 0. The van der Waals surface area contributed by atoms with Gasteiger partial charge in [0.25, 0.3) is 0 Å². The van der Waals surface area contributed by atoms with Gasteiger partial charge < -0.3 is 15.2 Å². The summed E-state index contributed by atoms with van der Waals surface area (Å²) in [5.74, 6) is 0.807. The van der Waals surface area contributed by atoms with Crippen LogP contribution in [0.1, 0.15) is 38.4 Å². The second-order valence-electron chi connectivity index (χ2n) is 5.31. The van der Waals surface area contributed by atoms with E-state index in [1.165, 1.54) is 5.69 Å². The first-order valence-corrected chi connectivity index (χ1v) is 6.65. The van der Waals surface area contributed by atoms with Crippen LogP contribution in [0.25, 0.3) is 0 Å². The molecule has 5 nitrogen and oxygen atoms in total. The third kappa shape index (κ3) is 3.32. The van der Waals surface area contributed by atoms with Gasteiger partial charge in [0.2, 0.25) is 5.91 Å². The molecule has 1 saturated heterocycles. The zero-order valence-corrected chi connectivity index (χ0v) is 11.1. The first kappa shape index (κ1) is 13.1. The summed E-state index contributed by atoms with van der Waals surface area (Å²) in [5, 5.41) is 6.34. The van der Waals surface area contributed by atoms with Crippen LogP contribution < -0.4 is 10.6 Å². The molecule has 2 N–H and O–H groups in total. The lowest BCUT2D eigenvalue weighted by atomic mass is 10.1. The van der Waals surface area contributed by atoms with Crippen molar-refractivity contribution in [1.29, 1.82) is 0 Å². The van der Waals surface area contributed by atoms with E-state index in [1.807, 2.05) is 12.5 Å². The molecule has 0 aromatic carbocycles. The fourth-order valence-electron chi connectivity index (χ4n) is 2.24. The minimum Gasteiger partial charge on any atom is -0.354 e. The lowest BCUT2D eigenvalue weighted by Crippen LogP contribution is -2.36. The molecule has 1 aromatic rings. The molecule has 0 bridgehead atoms. The number of hydrogen-bond donors (Lipinski definition) is 2. The minimum absolute atomic E-state index is 0.158. The molecule has 1 atom stereocenters. The molecule has 1 amide bonds. The van der Waals surface area contributed by atoms with Crippen molar-refractivity contribution < 1.29 is 4.79 Å². The number of piperidine rings is 1. The lowest BCUT2D eigenvalue weighted by molar-refractivity contribution is -0.122. The second kappa shape index (κ2) is 6.00. The van der Waals surface area contributed by atoms with Crippen LogP contribution in [-0.4, -0.2) is 28.5 Å². The van der Waals surface area contributed by atoms with Gasteiger partial charge in [0, 0.05) is 25.7 Å². The number of nitrogens with one attached hydrogen (secondary N) is 2. The quantitative estimate of drug-likeness (QED) is 0.822. The van der Waals surface area contributed by atoms with E-state index in [-0.39, 0.29) is 5.91 Å². The van der Waals surface area contributed by atoms with Crippen LogP contribution in [0.2, 0.25) is 0 Å². The Morgan fingerprint density at radius 1 is 1.61 bits per heavy atom. The summed E-state index contributed by atoms with van der Waals surface area (Å²) < 4.78 is 2.19. The first-order chi connectivity index (χ1) is 8.66. The summed E-state index contributed by atoms with van der Waals surface area (Å²) in [6.45, 7) is 6.95. The number of rotatable bonds is 5. The van der Waals surface area contributed by atoms with Crippen molar-refractivity contribution >= 4 is 5.91 Å². The van der Waals surface area contributed by atoms with Crippen molar-refractivity contribution in [3.8, 4) is 0 Å². The smallest absolute Gasteiger partial charge is 0.220 e. The van der Waals surface area contributed by atoms with Crippen LogP contribution in [-0.2, 0) is 11.3 Å². The highest BCUT2D eigenvalue weighted by Crippen LogP contribution is 2.18. The van der Waals surface area contributed by atoms with Gasteiger partial charge in [0.15, 0.2) is 0 Å². The van der Waals surface area contributed by atoms with Crippen LogP contribution in [0.5, 0.6) is 0 Å². The molecule has 0 spiro atoms. The lowest BCUT2D eigenvalue weighted by Gasteiger charge is -2.25. The number of aromatic nitrogens is 2. The number of carbonyl (C=O) groups excluding carboxylic acids is 1. The third-order valence-corrected chi connectivity index (χ3v) is 3.24. The van der Waals surface area contributed by atoms with E-state index in [2.05, 4.69) is 34.0 Å². The number of hydrogen-bond acceptors (Lipinski definition) is 3. The Balaban J connectivity index is 1.92. The van der Waals surface area contributed by atoms with Crippen LogP contribution in [0.3, 0.4) is 0 Å². The third-order valence-electron chi connectivity index (χ3n) is 3.24. The SMILES string of the molecule is CC(C)CNCc1cncn1C1CCC(=O)NC1. The van der Waals surface area contributed by atoms with Gasteiger partial charge in [-0.1, -0.05) is 13.8 Å². The fraction of sp³-hybridized carbons (Fsp3) is 0.692.